The Labute approximate surface area is 262 Å². The van der Waals surface area contributed by atoms with Crippen molar-refractivity contribution in [2.45, 2.75) is 97.2 Å². The van der Waals surface area contributed by atoms with Gasteiger partial charge in [0.15, 0.2) is 11.6 Å². The minimum Gasteiger partial charge on any atom is -0.442 e. The second-order valence-corrected chi connectivity index (χ2v) is 12.5. The van der Waals surface area contributed by atoms with E-state index in [9.17, 15) is 14.4 Å². The number of aliphatic imine (C=N–C) groups is 1. The molecule has 3 aromatic rings. The molecule has 0 saturated heterocycles. The second kappa shape index (κ2) is 12.8. The molecule has 2 saturated carbocycles. The largest absolute Gasteiger partial charge is 0.442 e. The van der Waals surface area contributed by atoms with Crippen LogP contribution in [0.5, 0.6) is 0 Å². The summed E-state index contributed by atoms with van der Waals surface area (Å²) in [7, 11) is 4.61. The number of hydrogen-bond donors (Lipinski definition) is 1. The van der Waals surface area contributed by atoms with Crippen molar-refractivity contribution < 1.29 is 28.6 Å². The molecule has 3 heterocycles. The van der Waals surface area contributed by atoms with Gasteiger partial charge >= 0.3 is 6.09 Å². The van der Waals surface area contributed by atoms with E-state index in [1.165, 1.54) is 19.2 Å². The Balaban J connectivity index is 1.62. The first-order chi connectivity index (χ1) is 21.4. The standard InChI is InChI=1S/C31H44N8O6/c1-9-37-21(28(41)39(18-11-12-18)19-13-14-19)15-20-25-24(32-17-36(25)6)26(34-27(20)37)33-23(16-22(40)29(43-7)44-8)35-38(10-2)30(42)45-31(3,4)5/h15,17-19,29H,9-14,16H2,1-8H3,(H,33,34,35). The Kier molecular flexibility index (Phi) is 9.17. The highest BCUT2D eigenvalue weighted by molar-refractivity contribution is 6.11. The fourth-order valence-corrected chi connectivity index (χ4v) is 5.51. The number of Topliss-reactive ketones (excluding diaryl/α,β-unsaturated/α-hetero) is 1. The number of nitrogens with zero attached hydrogens (tertiary/aromatic N) is 7. The summed E-state index contributed by atoms with van der Waals surface area (Å²) in [5, 5.41) is 2.02. The third-order valence-corrected chi connectivity index (χ3v) is 7.80. The number of ether oxygens (including phenoxy) is 3. The molecule has 0 atom stereocenters. The summed E-state index contributed by atoms with van der Waals surface area (Å²) < 4.78 is 19.7. The molecular formula is C31H44N8O6. The molecule has 45 heavy (non-hydrogen) atoms. The van der Waals surface area contributed by atoms with Crippen molar-refractivity contribution in [1.29, 1.82) is 0 Å². The molecule has 3 aromatic heterocycles. The zero-order valence-electron chi connectivity index (χ0n) is 27.4. The topological polar surface area (TPSA) is 145 Å². The lowest BCUT2D eigenvalue weighted by molar-refractivity contribution is -0.155. The highest BCUT2D eigenvalue weighted by Gasteiger charge is 2.43. The number of carbonyl (C=O) groups excluding carboxylic acids is 3. The molecule has 0 aromatic carbocycles. The summed E-state index contributed by atoms with van der Waals surface area (Å²) in [5.74, 6) is -0.0533. The molecule has 0 radical (unpaired) electrons. The SMILES string of the molecule is CCN(NC(CC(=O)C(OC)OC)=Nc1nc2c(cc(C(=O)N(C3CC3)C3CC3)n2CC)c2c1ncn2C)C(=O)OC(C)(C)C. The third-order valence-electron chi connectivity index (χ3n) is 7.80. The van der Waals surface area contributed by atoms with Gasteiger partial charge in [-0.1, -0.05) is 0 Å². The Bertz CT molecular complexity index is 1610. The number of methoxy groups -OCH3 is 2. The zero-order chi connectivity index (χ0) is 32.6. The molecule has 5 rings (SSSR count). The normalized spacial score (nSPS) is 15.6. The maximum atomic E-state index is 13.9. The van der Waals surface area contributed by atoms with E-state index in [2.05, 4.69) is 15.3 Å². The van der Waals surface area contributed by atoms with Gasteiger partial charge in [0.25, 0.3) is 5.91 Å². The van der Waals surface area contributed by atoms with Crippen molar-refractivity contribution in [2.75, 3.05) is 20.8 Å². The molecule has 0 aliphatic heterocycles. The maximum absolute atomic E-state index is 13.9. The summed E-state index contributed by atoms with van der Waals surface area (Å²) in [5.41, 5.74) is 4.64. The Morgan fingerprint density at radius 1 is 1.11 bits per heavy atom. The number of aromatic nitrogens is 4. The molecule has 0 bridgehead atoms. The summed E-state index contributed by atoms with van der Waals surface area (Å²) >= 11 is 0. The fourth-order valence-electron chi connectivity index (χ4n) is 5.51. The van der Waals surface area contributed by atoms with E-state index >= 15 is 0 Å². The lowest BCUT2D eigenvalue weighted by atomic mass is 10.2. The highest BCUT2D eigenvalue weighted by atomic mass is 16.7. The van der Waals surface area contributed by atoms with Crippen molar-refractivity contribution in [3.8, 4) is 0 Å². The van der Waals surface area contributed by atoms with Crippen molar-refractivity contribution in [3.05, 3.63) is 18.1 Å². The molecule has 1 N–H and O–H groups in total. The molecule has 0 spiro atoms. The van der Waals surface area contributed by atoms with E-state index in [1.54, 1.807) is 34.0 Å². The Morgan fingerprint density at radius 2 is 1.76 bits per heavy atom. The van der Waals surface area contributed by atoms with E-state index < -0.39 is 23.8 Å². The number of amidine groups is 1. The number of ketones is 1. The second-order valence-electron chi connectivity index (χ2n) is 12.5. The summed E-state index contributed by atoms with van der Waals surface area (Å²) in [6.45, 7) is 9.79. The molecule has 2 fully saturated rings. The van der Waals surface area contributed by atoms with E-state index in [0.717, 1.165) is 36.6 Å². The number of fused-ring (bicyclic) bond motifs is 3. The lowest BCUT2D eigenvalue weighted by Crippen LogP contribution is -2.49. The lowest BCUT2D eigenvalue weighted by Gasteiger charge is -2.28. The van der Waals surface area contributed by atoms with Crippen molar-refractivity contribution in [1.82, 2.24) is 34.4 Å². The number of amides is 2. The van der Waals surface area contributed by atoms with Gasteiger partial charge in [0.2, 0.25) is 6.29 Å². The van der Waals surface area contributed by atoms with Crippen molar-refractivity contribution in [3.63, 3.8) is 0 Å². The van der Waals surface area contributed by atoms with Crippen molar-refractivity contribution >= 4 is 51.5 Å². The molecule has 0 unspecified atom stereocenters. The molecule has 2 aliphatic carbocycles. The summed E-state index contributed by atoms with van der Waals surface area (Å²) in [4.78, 5) is 56.4. The fraction of sp³-hybridized carbons (Fsp3) is 0.613. The molecule has 244 valence electrons. The minimum absolute atomic E-state index is 0.0225. The van der Waals surface area contributed by atoms with Crippen LogP contribution in [0.3, 0.4) is 0 Å². The highest BCUT2D eigenvalue weighted by Crippen LogP contribution is 2.39. The number of hydrogen-bond acceptors (Lipinski definition) is 9. The van der Waals surface area contributed by atoms with Gasteiger partial charge in [-0.15, -0.1) is 0 Å². The number of nitrogens with one attached hydrogen (secondary N) is 1. The summed E-state index contributed by atoms with van der Waals surface area (Å²) in [6.07, 6.45) is 3.79. The van der Waals surface area contributed by atoms with Gasteiger partial charge in [0.05, 0.1) is 18.3 Å². The smallest absolute Gasteiger partial charge is 0.429 e. The molecular weight excluding hydrogens is 580 g/mol. The zero-order valence-corrected chi connectivity index (χ0v) is 27.4. The van der Waals surface area contributed by atoms with Crippen LogP contribution in [0.15, 0.2) is 17.4 Å². The van der Waals surface area contributed by atoms with Crippen LogP contribution in [0.1, 0.15) is 77.2 Å². The van der Waals surface area contributed by atoms with Crippen molar-refractivity contribution in [2.24, 2.45) is 12.0 Å². The number of aryl methyl sites for hydroxylation is 2. The number of imidazole rings is 1. The van der Waals surface area contributed by atoms with Crippen LogP contribution in [0.4, 0.5) is 10.6 Å². The Hall–Kier alpha value is -4.04. The predicted octanol–water partition coefficient (Wildman–Crippen LogP) is 4.08. The molecule has 2 amide bonds. The van der Waals surface area contributed by atoms with Gasteiger partial charge in [-0.2, -0.15) is 0 Å². The van der Waals surface area contributed by atoms with E-state index in [1.807, 2.05) is 29.2 Å². The minimum atomic E-state index is -1.13. The predicted molar refractivity (Wildman–Crippen MR) is 168 cm³/mol. The molecule has 2 aliphatic rings. The van der Waals surface area contributed by atoms with Gasteiger partial charge in [-0.25, -0.2) is 24.8 Å². The van der Waals surface area contributed by atoms with Crippen LogP contribution in [-0.4, -0.2) is 97.4 Å². The van der Waals surface area contributed by atoms with E-state index in [0.29, 0.717) is 35.5 Å². The molecule has 14 heteroatoms. The van der Waals surface area contributed by atoms with Crippen LogP contribution < -0.4 is 5.43 Å². The van der Waals surface area contributed by atoms with Gasteiger partial charge in [-0.05, 0) is 66.4 Å². The quantitative estimate of drug-likeness (QED) is 0.144. The first kappa shape index (κ1) is 32.4. The third kappa shape index (κ3) is 6.81. The monoisotopic (exact) mass is 624 g/mol. The van der Waals surface area contributed by atoms with Crippen LogP contribution in [0.25, 0.3) is 22.1 Å². The average molecular weight is 625 g/mol. The maximum Gasteiger partial charge on any atom is 0.429 e. The van der Waals surface area contributed by atoms with Gasteiger partial charge in [0, 0.05) is 51.8 Å². The number of rotatable bonds is 11. The summed E-state index contributed by atoms with van der Waals surface area (Å²) in [6, 6.07) is 2.52. The van der Waals surface area contributed by atoms with Crippen LogP contribution in [0.2, 0.25) is 0 Å². The van der Waals surface area contributed by atoms with Crippen LogP contribution in [-0.2, 0) is 32.6 Å². The van der Waals surface area contributed by atoms with Gasteiger partial charge in [-0.3, -0.25) is 15.0 Å². The Morgan fingerprint density at radius 3 is 2.29 bits per heavy atom. The first-order valence-corrected chi connectivity index (χ1v) is 15.5. The van der Waals surface area contributed by atoms with E-state index in [-0.39, 0.29) is 30.5 Å². The van der Waals surface area contributed by atoms with Gasteiger partial charge in [0.1, 0.15) is 28.3 Å². The van der Waals surface area contributed by atoms with E-state index in [4.69, 9.17) is 24.2 Å². The molecule has 14 nitrogen and oxygen atoms in total. The average Bonchev–Trinajstić information content (AvgIpc) is 3.92. The number of carbonyl (C=O) groups is 3. The van der Waals surface area contributed by atoms with Crippen LogP contribution in [0, 0.1) is 0 Å². The van der Waals surface area contributed by atoms with Gasteiger partial charge < -0.3 is 28.2 Å². The van der Waals surface area contributed by atoms with Crippen LogP contribution >= 0.6 is 0 Å². The first-order valence-electron chi connectivity index (χ1n) is 15.5. The number of hydrazine groups is 1. The number of pyridine rings is 1.